The number of hydrogen-bond donors (Lipinski definition) is 1. The number of rotatable bonds is 5. The minimum Gasteiger partial charge on any atom is -0.393 e. The first kappa shape index (κ1) is 13.4. The number of nitrogens with two attached hydrogens (primary N) is 1. The normalized spacial score (nSPS) is 14.6. The molecular weight excluding hydrogens is 196 g/mol. The largest absolute Gasteiger partial charge is 0.393 e. The molecule has 0 bridgehead atoms. The third kappa shape index (κ3) is 4.05. The van der Waals surface area contributed by atoms with Gasteiger partial charge >= 0.3 is 0 Å². The summed E-state index contributed by atoms with van der Waals surface area (Å²) in [5.74, 6) is 0.331. The molecule has 0 aromatic carbocycles. The summed E-state index contributed by atoms with van der Waals surface area (Å²) < 4.78 is 0. The number of thiocarbonyl (C=S) groups is 1. The minimum absolute atomic E-state index is 0.0820. The van der Waals surface area contributed by atoms with E-state index in [1.165, 1.54) is 0 Å². The molecule has 82 valence electrons. The first-order chi connectivity index (χ1) is 6.40. The molecule has 0 aliphatic rings. The Morgan fingerprint density at radius 3 is 2.29 bits per heavy atom. The molecule has 2 N–H and O–H groups in total. The van der Waals surface area contributed by atoms with Crippen molar-refractivity contribution in [3.05, 3.63) is 0 Å². The van der Waals surface area contributed by atoms with Crippen molar-refractivity contribution >= 4 is 23.1 Å². The average molecular weight is 216 g/mol. The van der Waals surface area contributed by atoms with E-state index in [1.54, 1.807) is 11.9 Å². The number of amides is 1. The van der Waals surface area contributed by atoms with Crippen LogP contribution < -0.4 is 5.73 Å². The van der Waals surface area contributed by atoms with Gasteiger partial charge in [-0.05, 0) is 6.42 Å². The van der Waals surface area contributed by atoms with Gasteiger partial charge in [-0.1, -0.05) is 33.0 Å². The molecule has 2 unspecified atom stereocenters. The highest BCUT2D eigenvalue weighted by Gasteiger charge is 2.18. The standard InChI is InChI=1S/C10H20N2OS/c1-5-7(2)10(13)12(4)6-8(3)9(11)14/h7-8H,5-6H2,1-4H3,(H2,11,14). The lowest BCUT2D eigenvalue weighted by Gasteiger charge is -2.23. The molecule has 0 aliphatic carbocycles. The van der Waals surface area contributed by atoms with Gasteiger partial charge in [-0.3, -0.25) is 4.79 Å². The van der Waals surface area contributed by atoms with E-state index in [9.17, 15) is 4.79 Å². The second-order valence-electron chi connectivity index (χ2n) is 3.83. The van der Waals surface area contributed by atoms with Crippen LogP contribution in [-0.2, 0) is 4.79 Å². The summed E-state index contributed by atoms with van der Waals surface area (Å²) in [5.41, 5.74) is 5.49. The van der Waals surface area contributed by atoms with Gasteiger partial charge in [0.2, 0.25) is 5.91 Å². The van der Waals surface area contributed by atoms with E-state index in [0.29, 0.717) is 11.5 Å². The number of nitrogens with zero attached hydrogens (tertiary/aromatic N) is 1. The molecule has 0 spiro atoms. The molecule has 0 aromatic heterocycles. The quantitative estimate of drug-likeness (QED) is 0.707. The molecule has 0 heterocycles. The van der Waals surface area contributed by atoms with Crippen molar-refractivity contribution in [3.63, 3.8) is 0 Å². The van der Waals surface area contributed by atoms with E-state index < -0.39 is 0 Å². The van der Waals surface area contributed by atoms with Crippen molar-refractivity contribution in [2.45, 2.75) is 27.2 Å². The smallest absolute Gasteiger partial charge is 0.225 e. The van der Waals surface area contributed by atoms with Gasteiger partial charge in [-0.25, -0.2) is 0 Å². The zero-order valence-corrected chi connectivity index (χ0v) is 10.2. The summed E-state index contributed by atoms with van der Waals surface area (Å²) in [6.45, 7) is 6.49. The molecular formula is C10H20N2OS. The Morgan fingerprint density at radius 1 is 1.43 bits per heavy atom. The van der Waals surface area contributed by atoms with Gasteiger partial charge in [0.05, 0.1) is 4.99 Å². The molecule has 14 heavy (non-hydrogen) atoms. The van der Waals surface area contributed by atoms with Crippen molar-refractivity contribution in [2.24, 2.45) is 17.6 Å². The molecule has 0 radical (unpaired) electrons. The second kappa shape index (κ2) is 5.96. The van der Waals surface area contributed by atoms with Crippen molar-refractivity contribution in [1.82, 2.24) is 4.90 Å². The minimum atomic E-state index is 0.0820. The molecule has 0 aliphatic heterocycles. The lowest BCUT2D eigenvalue weighted by atomic mass is 10.1. The van der Waals surface area contributed by atoms with Crippen LogP contribution in [0.25, 0.3) is 0 Å². The Morgan fingerprint density at radius 2 is 1.93 bits per heavy atom. The molecule has 0 saturated heterocycles. The van der Waals surface area contributed by atoms with Gasteiger partial charge in [0, 0.05) is 25.4 Å². The summed E-state index contributed by atoms with van der Waals surface area (Å²) >= 11 is 4.86. The Kier molecular flexibility index (Phi) is 5.69. The maximum absolute atomic E-state index is 11.7. The van der Waals surface area contributed by atoms with E-state index in [0.717, 1.165) is 6.42 Å². The highest BCUT2D eigenvalue weighted by atomic mass is 32.1. The van der Waals surface area contributed by atoms with Gasteiger partial charge in [0.15, 0.2) is 0 Å². The van der Waals surface area contributed by atoms with E-state index in [-0.39, 0.29) is 17.7 Å². The Balaban J connectivity index is 4.14. The molecule has 4 heteroatoms. The van der Waals surface area contributed by atoms with Crippen LogP contribution in [0.15, 0.2) is 0 Å². The van der Waals surface area contributed by atoms with E-state index in [2.05, 4.69) is 0 Å². The summed E-state index contributed by atoms with van der Waals surface area (Å²) in [5, 5.41) is 0. The third-order valence-electron chi connectivity index (χ3n) is 2.44. The van der Waals surface area contributed by atoms with Crippen molar-refractivity contribution < 1.29 is 4.79 Å². The summed E-state index contributed by atoms with van der Waals surface area (Å²) in [7, 11) is 1.79. The van der Waals surface area contributed by atoms with Crippen LogP contribution >= 0.6 is 12.2 Å². The van der Waals surface area contributed by atoms with Gasteiger partial charge in [-0.2, -0.15) is 0 Å². The summed E-state index contributed by atoms with van der Waals surface area (Å²) in [6, 6.07) is 0. The number of carbonyl (C=O) groups excluding carboxylic acids is 1. The second-order valence-corrected chi connectivity index (χ2v) is 4.30. The Hall–Kier alpha value is -0.640. The Labute approximate surface area is 91.6 Å². The van der Waals surface area contributed by atoms with Gasteiger partial charge in [-0.15, -0.1) is 0 Å². The molecule has 3 nitrogen and oxygen atoms in total. The van der Waals surface area contributed by atoms with Crippen LogP contribution in [0, 0.1) is 11.8 Å². The maximum atomic E-state index is 11.7. The number of carbonyl (C=O) groups is 1. The van der Waals surface area contributed by atoms with Crippen LogP contribution in [0.3, 0.4) is 0 Å². The number of hydrogen-bond acceptors (Lipinski definition) is 2. The lowest BCUT2D eigenvalue weighted by molar-refractivity contribution is -0.133. The molecule has 0 rings (SSSR count). The maximum Gasteiger partial charge on any atom is 0.225 e. The van der Waals surface area contributed by atoms with Crippen LogP contribution in [0.2, 0.25) is 0 Å². The fourth-order valence-electron chi connectivity index (χ4n) is 1.14. The van der Waals surface area contributed by atoms with Gasteiger partial charge in [0.25, 0.3) is 0 Å². The fourth-order valence-corrected chi connectivity index (χ4v) is 1.22. The first-order valence-corrected chi connectivity index (χ1v) is 5.35. The molecule has 1 amide bonds. The molecule has 2 atom stereocenters. The van der Waals surface area contributed by atoms with Crippen LogP contribution in [0.1, 0.15) is 27.2 Å². The SMILES string of the molecule is CCC(C)C(=O)N(C)CC(C)C(N)=S. The van der Waals surface area contributed by atoms with Crippen LogP contribution in [-0.4, -0.2) is 29.4 Å². The van der Waals surface area contributed by atoms with Crippen LogP contribution in [0.4, 0.5) is 0 Å². The van der Waals surface area contributed by atoms with Crippen molar-refractivity contribution in [3.8, 4) is 0 Å². The predicted octanol–water partition coefficient (Wildman–Crippen LogP) is 1.41. The zero-order chi connectivity index (χ0) is 11.3. The van der Waals surface area contributed by atoms with Gasteiger partial charge in [0.1, 0.15) is 0 Å². The summed E-state index contributed by atoms with van der Waals surface area (Å²) in [4.78, 5) is 13.8. The predicted molar refractivity (Wildman–Crippen MR) is 63.0 cm³/mol. The molecule has 0 aromatic rings. The Bertz CT molecular complexity index is 218. The first-order valence-electron chi connectivity index (χ1n) is 4.94. The molecule has 0 saturated carbocycles. The molecule has 0 fully saturated rings. The van der Waals surface area contributed by atoms with Crippen molar-refractivity contribution in [2.75, 3.05) is 13.6 Å². The lowest BCUT2D eigenvalue weighted by Crippen LogP contribution is -2.37. The average Bonchev–Trinajstić information content (AvgIpc) is 2.14. The highest BCUT2D eigenvalue weighted by Crippen LogP contribution is 2.07. The third-order valence-corrected chi connectivity index (χ3v) is 2.85. The van der Waals surface area contributed by atoms with E-state index >= 15 is 0 Å². The highest BCUT2D eigenvalue weighted by molar-refractivity contribution is 7.80. The zero-order valence-electron chi connectivity index (χ0n) is 9.41. The monoisotopic (exact) mass is 216 g/mol. The van der Waals surface area contributed by atoms with E-state index in [4.69, 9.17) is 18.0 Å². The topological polar surface area (TPSA) is 46.3 Å². The van der Waals surface area contributed by atoms with Crippen LogP contribution in [0.5, 0.6) is 0 Å². The van der Waals surface area contributed by atoms with Gasteiger partial charge < -0.3 is 10.6 Å². The van der Waals surface area contributed by atoms with Crippen molar-refractivity contribution in [1.29, 1.82) is 0 Å². The fraction of sp³-hybridized carbons (Fsp3) is 0.800. The summed E-state index contributed by atoms with van der Waals surface area (Å²) in [6.07, 6.45) is 0.866. The van der Waals surface area contributed by atoms with E-state index in [1.807, 2.05) is 20.8 Å².